The summed E-state index contributed by atoms with van der Waals surface area (Å²) in [4.78, 5) is 13.6. The Morgan fingerprint density at radius 3 is 2.33 bits per heavy atom. The molecule has 0 aromatic carbocycles. The number of amides is 1. The van der Waals surface area contributed by atoms with Gasteiger partial charge in [-0.05, 0) is 50.6 Å². The standard InChI is InChI=1S/C14H23F3N2O2/c15-14(16,17)13(21)11-4-6-19(7-5-11)9-12(20)18-8-10-2-1-3-10/h10-11,13,21H,1-9H2,(H,18,20). The fourth-order valence-electron chi connectivity index (χ4n) is 2.91. The minimum absolute atomic E-state index is 0.0586. The lowest BCUT2D eigenvalue weighted by Crippen LogP contribution is -2.46. The zero-order valence-corrected chi connectivity index (χ0v) is 12.0. The monoisotopic (exact) mass is 308 g/mol. The number of aliphatic hydroxyl groups is 1. The molecule has 0 bridgehead atoms. The van der Waals surface area contributed by atoms with Crippen molar-refractivity contribution in [3.63, 3.8) is 0 Å². The van der Waals surface area contributed by atoms with Crippen molar-refractivity contribution in [1.82, 2.24) is 10.2 Å². The maximum Gasteiger partial charge on any atom is 0.414 e. The van der Waals surface area contributed by atoms with Crippen molar-refractivity contribution in [1.29, 1.82) is 0 Å². The van der Waals surface area contributed by atoms with Gasteiger partial charge in [0.1, 0.15) is 0 Å². The van der Waals surface area contributed by atoms with Gasteiger partial charge in [0.05, 0.1) is 6.54 Å². The molecule has 122 valence electrons. The second kappa shape index (κ2) is 6.96. The molecule has 0 radical (unpaired) electrons. The van der Waals surface area contributed by atoms with Crippen LogP contribution in [-0.4, -0.2) is 54.4 Å². The first-order chi connectivity index (χ1) is 9.86. The molecule has 2 N–H and O–H groups in total. The van der Waals surface area contributed by atoms with Crippen molar-refractivity contribution in [2.24, 2.45) is 11.8 Å². The van der Waals surface area contributed by atoms with E-state index in [0.29, 0.717) is 25.6 Å². The largest absolute Gasteiger partial charge is 0.414 e. The quantitative estimate of drug-likeness (QED) is 0.810. The summed E-state index contributed by atoms with van der Waals surface area (Å²) in [7, 11) is 0. The predicted octanol–water partition coefficient (Wildman–Crippen LogP) is 1.54. The SMILES string of the molecule is O=C(CN1CCC(C(O)C(F)(F)F)CC1)NCC1CCC1. The lowest BCUT2D eigenvalue weighted by atomic mass is 9.85. The van der Waals surface area contributed by atoms with Gasteiger partial charge in [-0.2, -0.15) is 13.2 Å². The first-order valence-electron chi connectivity index (χ1n) is 7.60. The maximum atomic E-state index is 12.4. The van der Waals surface area contributed by atoms with Gasteiger partial charge in [-0.1, -0.05) is 6.42 Å². The van der Waals surface area contributed by atoms with Crippen LogP contribution in [0.5, 0.6) is 0 Å². The van der Waals surface area contributed by atoms with Gasteiger partial charge in [-0.25, -0.2) is 0 Å². The Morgan fingerprint density at radius 1 is 1.24 bits per heavy atom. The number of aliphatic hydroxyl groups excluding tert-OH is 1. The molecule has 0 aromatic heterocycles. The summed E-state index contributed by atoms with van der Waals surface area (Å²) in [5, 5.41) is 12.1. The van der Waals surface area contributed by atoms with Crippen LogP contribution in [0.2, 0.25) is 0 Å². The number of alkyl halides is 3. The predicted molar refractivity (Wildman–Crippen MR) is 71.6 cm³/mol. The van der Waals surface area contributed by atoms with E-state index in [1.165, 1.54) is 19.3 Å². The Morgan fingerprint density at radius 2 is 1.86 bits per heavy atom. The van der Waals surface area contributed by atoms with E-state index in [0.717, 1.165) is 0 Å². The molecule has 1 saturated carbocycles. The molecule has 4 nitrogen and oxygen atoms in total. The van der Waals surface area contributed by atoms with E-state index in [4.69, 9.17) is 0 Å². The number of carbonyl (C=O) groups excluding carboxylic acids is 1. The van der Waals surface area contributed by atoms with E-state index < -0.39 is 18.2 Å². The summed E-state index contributed by atoms with van der Waals surface area (Å²) >= 11 is 0. The Balaban J connectivity index is 1.65. The molecule has 2 rings (SSSR count). The smallest absolute Gasteiger partial charge is 0.383 e. The van der Waals surface area contributed by atoms with E-state index >= 15 is 0 Å². The molecule has 0 aromatic rings. The molecular weight excluding hydrogens is 285 g/mol. The molecule has 1 amide bonds. The minimum atomic E-state index is -4.55. The number of nitrogens with one attached hydrogen (secondary N) is 1. The molecule has 0 spiro atoms. The lowest BCUT2D eigenvalue weighted by Gasteiger charge is -2.34. The molecule has 1 aliphatic carbocycles. The van der Waals surface area contributed by atoms with E-state index in [1.807, 2.05) is 4.90 Å². The molecule has 1 atom stereocenters. The van der Waals surface area contributed by atoms with E-state index in [-0.39, 0.29) is 25.3 Å². The summed E-state index contributed by atoms with van der Waals surface area (Å²) < 4.78 is 37.3. The molecule has 2 aliphatic rings. The normalized spacial score (nSPS) is 23.6. The number of carbonyl (C=O) groups is 1. The van der Waals surface area contributed by atoms with Crippen molar-refractivity contribution >= 4 is 5.91 Å². The van der Waals surface area contributed by atoms with Gasteiger partial charge in [0.15, 0.2) is 6.10 Å². The summed E-state index contributed by atoms with van der Waals surface area (Å²) in [6.45, 7) is 1.80. The van der Waals surface area contributed by atoms with Crippen molar-refractivity contribution in [2.75, 3.05) is 26.2 Å². The van der Waals surface area contributed by atoms with Gasteiger partial charge in [-0.3, -0.25) is 9.69 Å². The molecule has 1 heterocycles. The number of hydrogen-bond donors (Lipinski definition) is 2. The third kappa shape index (κ3) is 4.85. The van der Waals surface area contributed by atoms with Gasteiger partial charge >= 0.3 is 6.18 Å². The van der Waals surface area contributed by atoms with Gasteiger partial charge in [-0.15, -0.1) is 0 Å². The summed E-state index contributed by atoms with van der Waals surface area (Å²) in [5.74, 6) is -0.211. The van der Waals surface area contributed by atoms with Crippen molar-refractivity contribution < 1.29 is 23.1 Å². The van der Waals surface area contributed by atoms with Crippen LogP contribution in [0.4, 0.5) is 13.2 Å². The summed E-state index contributed by atoms with van der Waals surface area (Å²) in [6, 6.07) is 0. The Labute approximate surface area is 122 Å². The highest BCUT2D eigenvalue weighted by Crippen LogP contribution is 2.31. The molecule has 2 fully saturated rings. The van der Waals surface area contributed by atoms with Crippen molar-refractivity contribution in [3.8, 4) is 0 Å². The lowest BCUT2D eigenvalue weighted by molar-refractivity contribution is -0.223. The third-order valence-electron chi connectivity index (χ3n) is 4.59. The van der Waals surface area contributed by atoms with E-state index in [2.05, 4.69) is 5.32 Å². The molecule has 1 aliphatic heterocycles. The second-order valence-electron chi connectivity index (χ2n) is 6.20. The van der Waals surface area contributed by atoms with Gasteiger partial charge < -0.3 is 10.4 Å². The summed E-state index contributed by atoms with van der Waals surface area (Å²) in [5.41, 5.74) is 0. The van der Waals surface area contributed by atoms with Gasteiger partial charge in [0.25, 0.3) is 0 Å². The Kier molecular flexibility index (Phi) is 5.48. The van der Waals surface area contributed by atoms with Crippen LogP contribution in [0.1, 0.15) is 32.1 Å². The number of hydrogen-bond acceptors (Lipinski definition) is 3. The third-order valence-corrected chi connectivity index (χ3v) is 4.59. The number of piperidine rings is 1. The zero-order valence-electron chi connectivity index (χ0n) is 12.0. The highest BCUT2D eigenvalue weighted by atomic mass is 19.4. The minimum Gasteiger partial charge on any atom is -0.383 e. The van der Waals surface area contributed by atoms with Gasteiger partial charge in [0.2, 0.25) is 5.91 Å². The van der Waals surface area contributed by atoms with Crippen molar-refractivity contribution in [2.45, 2.75) is 44.4 Å². The average Bonchev–Trinajstić information content (AvgIpc) is 2.36. The average molecular weight is 308 g/mol. The highest BCUT2D eigenvalue weighted by Gasteiger charge is 2.44. The van der Waals surface area contributed by atoms with E-state index in [1.54, 1.807) is 0 Å². The topological polar surface area (TPSA) is 52.6 Å². The first kappa shape index (κ1) is 16.5. The second-order valence-corrected chi connectivity index (χ2v) is 6.20. The molecule has 21 heavy (non-hydrogen) atoms. The fraction of sp³-hybridized carbons (Fsp3) is 0.929. The number of halogens is 3. The first-order valence-corrected chi connectivity index (χ1v) is 7.60. The molecule has 7 heteroatoms. The Hall–Kier alpha value is -0.820. The Bertz CT molecular complexity index is 351. The molecule has 1 unspecified atom stereocenters. The van der Waals surface area contributed by atoms with Crippen LogP contribution in [0.25, 0.3) is 0 Å². The molecule has 1 saturated heterocycles. The summed E-state index contributed by atoms with van der Waals surface area (Å²) in [6.07, 6.45) is -2.68. The number of rotatable bonds is 5. The van der Waals surface area contributed by atoms with Crippen LogP contribution in [-0.2, 0) is 4.79 Å². The van der Waals surface area contributed by atoms with Crippen LogP contribution < -0.4 is 5.32 Å². The number of nitrogens with zero attached hydrogens (tertiary/aromatic N) is 1. The van der Waals surface area contributed by atoms with Crippen molar-refractivity contribution in [3.05, 3.63) is 0 Å². The maximum absolute atomic E-state index is 12.4. The highest BCUT2D eigenvalue weighted by molar-refractivity contribution is 5.78. The van der Waals surface area contributed by atoms with E-state index in [9.17, 15) is 23.1 Å². The van der Waals surface area contributed by atoms with Crippen LogP contribution in [0.3, 0.4) is 0 Å². The zero-order chi connectivity index (χ0) is 15.5. The molecular formula is C14H23F3N2O2. The fourth-order valence-corrected chi connectivity index (χ4v) is 2.91. The van der Waals surface area contributed by atoms with Crippen LogP contribution in [0, 0.1) is 11.8 Å². The van der Waals surface area contributed by atoms with Crippen LogP contribution in [0.15, 0.2) is 0 Å². The van der Waals surface area contributed by atoms with Gasteiger partial charge in [0, 0.05) is 6.54 Å². The van der Waals surface area contributed by atoms with Crippen LogP contribution >= 0.6 is 0 Å². The number of likely N-dealkylation sites (tertiary alicyclic amines) is 1.